The number of carbonyl (C=O) groups is 1. The average molecular weight is 286 g/mol. The van der Waals surface area contributed by atoms with Gasteiger partial charge in [0.2, 0.25) is 0 Å². The van der Waals surface area contributed by atoms with E-state index >= 15 is 0 Å². The zero-order chi connectivity index (χ0) is 14.8. The van der Waals surface area contributed by atoms with Crippen molar-refractivity contribution in [2.45, 2.75) is 6.61 Å². The van der Waals surface area contributed by atoms with Crippen LogP contribution in [-0.2, 0) is 6.61 Å². The molecule has 0 aliphatic heterocycles. The number of rotatable bonds is 4. The largest absolute Gasteiger partial charge is 0.488 e. The minimum absolute atomic E-state index is 0.00995. The normalized spacial score (nSPS) is 10.7. The molecule has 106 valence electrons. The number of hydrogen-bond donors (Lipinski definition) is 1. The molecule has 2 aromatic carbocycles. The molecular formula is C16H11FO4. The lowest BCUT2D eigenvalue weighted by Gasteiger charge is -2.09. The van der Waals surface area contributed by atoms with Crippen LogP contribution in [0.3, 0.4) is 0 Å². The highest BCUT2D eigenvalue weighted by Gasteiger charge is 2.13. The second-order valence-electron chi connectivity index (χ2n) is 4.49. The molecule has 0 bridgehead atoms. The molecule has 0 fully saturated rings. The van der Waals surface area contributed by atoms with Crippen LogP contribution in [0.25, 0.3) is 11.0 Å². The van der Waals surface area contributed by atoms with E-state index in [0.29, 0.717) is 22.3 Å². The van der Waals surface area contributed by atoms with Gasteiger partial charge in [0, 0.05) is 5.56 Å². The van der Waals surface area contributed by atoms with Crippen molar-refractivity contribution in [3.05, 3.63) is 65.7 Å². The zero-order valence-corrected chi connectivity index (χ0v) is 10.9. The van der Waals surface area contributed by atoms with Crippen molar-refractivity contribution in [1.29, 1.82) is 0 Å². The molecule has 0 aliphatic rings. The van der Waals surface area contributed by atoms with Crippen molar-refractivity contribution in [3.8, 4) is 5.75 Å². The summed E-state index contributed by atoms with van der Waals surface area (Å²) in [5, 5.41) is 9.73. The first-order valence-corrected chi connectivity index (χ1v) is 6.26. The number of aromatic carboxylic acids is 1. The Balaban J connectivity index is 1.94. The molecule has 3 rings (SSSR count). The molecule has 0 saturated carbocycles. The van der Waals surface area contributed by atoms with Gasteiger partial charge in [0.1, 0.15) is 23.8 Å². The van der Waals surface area contributed by atoms with Crippen LogP contribution in [0.4, 0.5) is 4.39 Å². The monoisotopic (exact) mass is 286 g/mol. The van der Waals surface area contributed by atoms with Crippen LogP contribution in [0.1, 0.15) is 15.9 Å². The molecule has 1 heterocycles. The number of fused-ring (bicyclic) bond motifs is 1. The number of benzene rings is 2. The first-order chi connectivity index (χ1) is 10.1. The highest BCUT2D eigenvalue weighted by Crippen LogP contribution is 2.29. The Morgan fingerprint density at radius 2 is 2.05 bits per heavy atom. The number of carboxylic acids is 1. The van der Waals surface area contributed by atoms with Crippen LogP contribution >= 0.6 is 0 Å². The van der Waals surface area contributed by atoms with Crippen molar-refractivity contribution in [2.24, 2.45) is 0 Å². The van der Waals surface area contributed by atoms with Gasteiger partial charge in [-0.2, -0.15) is 0 Å². The van der Waals surface area contributed by atoms with E-state index in [9.17, 15) is 9.18 Å². The van der Waals surface area contributed by atoms with E-state index in [4.69, 9.17) is 14.3 Å². The lowest BCUT2D eigenvalue weighted by atomic mass is 10.1. The standard InChI is InChI=1S/C16H11FO4/c17-13-4-2-1-3-10(13)9-21-15-8-11(16(18)19)7-14-12(15)5-6-20-14/h1-8H,9H2,(H,18,19). The highest BCUT2D eigenvalue weighted by molar-refractivity contribution is 5.95. The van der Waals surface area contributed by atoms with Gasteiger partial charge < -0.3 is 14.3 Å². The van der Waals surface area contributed by atoms with Gasteiger partial charge in [-0.25, -0.2) is 9.18 Å². The predicted molar refractivity (Wildman–Crippen MR) is 73.9 cm³/mol. The first kappa shape index (κ1) is 13.2. The van der Waals surface area contributed by atoms with Crippen LogP contribution in [0.5, 0.6) is 5.75 Å². The Bertz CT molecular complexity index is 807. The van der Waals surface area contributed by atoms with Crippen LogP contribution < -0.4 is 4.74 Å². The summed E-state index contributed by atoms with van der Waals surface area (Å²) < 4.78 is 24.3. The van der Waals surface area contributed by atoms with Gasteiger partial charge in [-0.15, -0.1) is 0 Å². The summed E-state index contributed by atoms with van der Waals surface area (Å²) in [6, 6.07) is 10.8. The van der Waals surface area contributed by atoms with E-state index in [0.717, 1.165) is 0 Å². The maximum Gasteiger partial charge on any atom is 0.335 e. The average Bonchev–Trinajstić information content (AvgIpc) is 2.94. The van der Waals surface area contributed by atoms with Gasteiger partial charge in [0.15, 0.2) is 0 Å². The molecule has 0 unspecified atom stereocenters. The zero-order valence-electron chi connectivity index (χ0n) is 10.9. The van der Waals surface area contributed by atoms with E-state index in [-0.39, 0.29) is 18.0 Å². The number of halogens is 1. The van der Waals surface area contributed by atoms with Crippen molar-refractivity contribution in [2.75, 3.05) is 0 Å². The topological polar surface area (TPSA) is 59.7 Å². The lowest BCUT2D eigenvalue weighted by molar-refractivity contribution is 0.0696. The van der Waals surface area contributed by atoms with Crippen molar-refractivity contribution >= 4 is 16.9 Å². The Hall–Kier alpha value is -2.82. The number of furan rings is 1. The fourth-order valence-electron chi connectivity index (χ4n) is 2.05. The summed E-state index contributed by atoms with van der Waals surface area (Å²) >= 11 is 0. The fraction of sp³-hybridized carbons (Fsp3) is 0.0625. The molecule has 3 aromatic rings. The van der Waals surface area contributed by atoms with E-state index in [2.05, 4.69) is 0 Å². The second-order valence-corrected chi connectivity index (χ2v) is 4.49. The summed E-state index contributed by atoms with van der Waals surface area (Å²) in [6.07, 6.45) is 1.45. The van der Waals surface area contributed by atoms with E-state index < -0.39 is 5.97 Å². The van der Waals surface area contributed by atoms with Gasteiger partial charge >= 0.3 is 5.97 Å². The molecule has 0 amide bonds. The Morgan fingerprint density at radius 1 is 1.24 bits per heavy atom. The molecule has 4 nitrogen and oxygen atoms in total. The minimum atomic E-state index is -1.08. The molecular weight excluding hydrogens is 275 g/mol. The highest BCUT2D eigenvalue weighted by atomic mass is 19.1. The Labute approximate surface area is 119 Å². The van der Waals surface area contributed by atoms with Gasteiger partial charge in [0.05, 0.1) is 17.2 Å². The maximum atomic E-state index is 13.6. The number of hydrogen-bond acceptors (Lipinski definition) is 3. The second kappa shape index (κ2) is 5.28. The van der Waals surface area contributed by atoms with Gasteiger partial charge in [0.25, 0.3) is 0 Å². The molecule has 5 heteroatoms. The van der Waals surface area contributed by atoms with E-state index in [1.807, 2.05) is 0 Å². The lowest BCUT2D eigenvalue weighted by Crippen LogP contribution is -2.01. The molecule has 0 spiro atoms. The minimum Gasteiger partial charge on any atom is -0.488 e. The third-order valence-electron chi connectivity index (χ3n) is 3.12. The van der Waals surface area contributed by atoms with E-state index in [1.54, 1.807) is 24.3 Å². The van der Waals surface area contributed by atoms with Crippen LogP contribution in [0, 0.1) is 5.82 Å². The quantitative estimate of drug-likeness (QED) is 0.791. The summed E-state index contributed by atoms with van der Waals surface area (Å²) in [6.45, 7) is 0.00995. The molecule has 0 atom stereocenters. The molecule has 0 aliphatic carbocycles. The smallest absolute Gasteiger partial charge is 0.335 e. The van der Waals surface area contributed by atoms with Gasteiger partial charge in [-0.3, -0.25) is 0 Å². The van der Waals surface area contributed by atoms with Crippen molar-refractivity contribution in [3.63, 3.8) is 0 Å². The third-order valence-corrected chi connectivity index (χ3v) is 3.12. The molecule has 1 N–H and O–H groups in total. The summed E-state index contributed by atoms with van der Waals surface area (Å²) in [5.41, 5.74) is 0.870. The van der Waals surface area contributed by atoms with Crippen LogP contribution in [-0.4, -0.2) is 11.1 Å². The number of carboxylic acid groups (broad SMARTS) is 1. The SMILES string of the molecule is O=C(O)c1cc(OCc2ccccc2F)c2ccoc2c1. The maximum absolute atomic E-state index is 13.6. The number of ether oxygens (including phenoxy) is 1. The molecule has 1 aromatic heterocycles. The Morgan fingerprint density at radius 3 is 2.81 bits per heavy atom. The molecule has 0 radical (unpaired) electrons. The Kier molecular flexibility index (Phi) is 3.31. The summed E-state index contributed by atoms with van der Waals surface area (Å²) in [5.74, 6) is -1.10. The van der Waals surface area contributed by atoms with Gasteiger partial charge in [-0.1, -0.05) is 18.2 Å². The van der Waals surface area contributed by atoms with Crippen molar-refractivity contribution in [1.82, 2.24) is 0 Å². The molecule has 21 heavy (non-hydrogen) atoms. The summed E-state index contributed by atoms with van der Waals surface area (Å²) in [4.78, 5) is 11.1. The summed E-state index contributed by atoms with van der Waals surface area (Å²) in [7, 11) is 0. The van der Waals surface area contributed by atoms with Crippen LogP contribution in [0.15, 0.2) is 53.1 Å². The van der Waals surface area contributed by atoms with Crippen LogP contribution in [0.2, 0.25) is 0 Å². The predicted octanol–water partition coefficient (Wildman–Crippen LogP) is 3.85. The van der Waals surface area contributed by atoms with E-state index in [1.165, 1.54) is 24.5 Å². The first-order valence-electron chi connectivity index (χ1n) is 6.26. The molecule has 0 saturated heterocycles. The third kappa shape index (κ3) is 2.58. The van der Waals surface area contributed by atoms with Gasteiger partial charge in [-0.05, 0) is 24.3 Å². The van der Waals surface area contributed by atoms with Crippen molar-refractivity contribution < 1.29 is 23.4 Å². The fourth-order valence-corrected chi connectivity index (χ4v) is 2.05.